The minimum absolute atomic E-state index is 0.0273. The van der Waals surface area contributed by atoms with Gasteiger partial charge in [-0.3, -0.25) is 9.36 Å². The standard InChI is InChI=1S/C23H29ClN4O2S/c1-16-12-17(2)14-18(13-16)15-31-23-27-26-21(8-9-22(29)25-10-11-30-3)28(23)20-6-4-19(24)5-7-20/h4-7,12-13,17H,8-11,14-15H2,1-3H3,(H,25,29). The first-order chi connectivity index (χ1) is 15.0. The van der Waals surface area contributed by atoms with E-state index in [1.807, 2.05) is 28.8 Å². The molecule has 1 heterocycles. The van der Waals surface area contributed by atoms with Crippen molar-refractivity contribution in [2.45, 2.75) is 38.3 Å². The van der Waals surface area contributed by atoms with E-state index in [2.05, 4.69) is 41.5 Å². The Labute approximate surface area is 193 Å². The second-order valence-electron chi connectivity index (χ2n) is 7.74. The number of carbonyl (C=O) groups is 1. The number of nitrogens with zero attached hydrogens (tertiary/aromatic N) is 3. The average molecular weight is 461 g/mol. The van der Waals surface area contributed by atoms with Crippen LogP contribution in [0.25, 0.3) is 5.69 Å². The van der Waals surface area contributed by atoms with Crippen LogP contribution < -0.4 is 5.32 Å². The van der Waals surface area contributed by atoms with Crippen molar-refractivity contribution in [1.82, 2.24) is 20.1 Å². The maximum absolute atomic E-state index is 12.1. The Morgan fingerprint density at radius 2 is 2.10 bits per heavy atom. The van der Waals surface area contributed by atoms with Gasteiger partial charge < -0.3 is 10.1 Å². The molecule has 8 heteroatoms. The molecule has 6 nitrogen and oxygen atoms in total. The van der Waals surface area contributed by atoms with Gasteiger partial charge in [-0.1, -0.05) is 53.6 Å². The Hall–Kier alpha value is -2.09. The van der Waals surface area contributed by atoms with E-state index in [1.54, 1.807) is 18.9 Å². The monoisotopic (exact) mass is 460 g/mol. The third-order valence-corrected chi connectivity index (χ3v) is 6.23. The van der Waals surface area contributed by atoms with Gasteiger partial charge in [0.05, 0.1) is 6.61 Å². The molecule has 1 aromatic carbocycles. The third kappa shape index (κ3) is 6.95. The molecule has 31 heavy (non-hydrogen) atoms. The van der Waals surface area contributed by atoms with E-state index >= 15 is 0 Å². The van der Waals surface area contributed by atoms with Gasteiger partial charge in [-0.05, 0) is 43.5 Å². The quantitative estimate of drug-likeness (QED) is 0.414. The molecule has 1 unspecified atom stereocenters. The lowest BCUT2D eigenvalue weighted by Crippen LogP contribution is -2.27. The molecule has 0 saturated heterocycles. The minimum atomic E-state index is -0.0273. The second kappa shape index (κ2) is 11.5. The fraction of sp³-hybridized carbons (Fsp3) is 0.435. The number of hydrogen-bond acceptors (Lipinski definition) is 5. The number of hydrogen-bond donors (Lipinski definition) is 1. The summed E-state index contributed by atoms with van der Waals surface area (Å²) in [5, 5.41) is 13.2. The van der Waals surface area contributed by atoms with E-state index in [-0.39, 0.29) is 5.91 Å². The molecule has 3 rings (SSSR count). The van der Waals surface area contributed by atoms with Crippen molar-refractivity contribution >= 4 is 29.3 Å². The molecule has 1 aliphatic rings. The van der Waals surface area contributed by atoms with Crippen LogP contribution in [0.4, 0.5) is 0 Å². The predicted octanol–water partition coefficient (Wildman–Crippen LogP) is 4.62. The Bertz CT molecular complexity index is 953. The van der Waals surface area contributed by atoms with Crippen molar-refractivity contribution in [3.8, 4) is 5.69 Å². The number of halogens is 1. The van der Waals surface area contributed by atoms with E-state index in [0.717, 1.165) is 28.8 Å². The molecule has 1 aromatic heterocycles. The van der Waals surface area contributed by atoms with Gasteiger partial charge >= 0.3 is 0 Å². The predicted molar refractivity (Wildman–Crippen MR) is 126 cm³/mol. The molecular formula is C23H29ClN4O2S. The highest BCUT2D eigenvalue weighted by molar-refractivity contribution is 7.99. The van der Waals surface area contributed by atoms with Crippen LogP contribution in [-0.2, 0) is 16.0 Å². The summed E-state index contributed by atoms with van der Waals surface area (Å²) in [4.78, 5) is 12.1. The molecule has 1 aliphatic carbocycles. The molecule has 0 bridgehead atoms. The lowest BCUT2D eigenvalue weighted by Gasteiger charge is -2.17. The molecule has 1 amide bonds. The Morgan fingerprint density at radius 1 is 1.32 bits per heavy atom. The second-order valence-corrected chi connectivity index (χ2v) is 9.12. The number of benzene rings is 1. The summed E-state index contributed by atoms with van der Waals surface area (Å²) in [5.41, 5.74) is 3.66. The van der Waals surface area contributed by atoms with Crippen LogP contribution in [0, 0.1) is 5.92 Å². The van der Waals surface area contributed by atoms with Gasteiger partial charge in [0.25, 0.3) is 0 Å². The van der Waals surface area contributed by atoms with Gasteiger partial charge in [0.1, 0.15) is 5.82 Å². The van der Waals surface area contributed by atoms with Gasteiger partial charge in [0, 0.05) is 43.0 Å². The van der Waals surface area contributed by atoms with E-state index in [0.29, 0.717) is 36.9 Å². The zero-order valence-corrected chi connectivity index (χ0v) is 19.8. The maximum atomic E-state index is 12.1. The van der Waals surface area contributed by atoms with E-state index in [1.165, 1.54) is 11.1 Å². The maximum Gasteiger partial charge on any atom is 0.220 e. The van der Waals surface area contributed by atoms with Crippen LogP contribution in [0.5, 0.6) is 0 Å². The van der Waals surface area contributed by atoms with Crippen LogP contribution >= 0.6 is 23.4 Å². The zero-order valence-electron chi connectivity index (χ0n) is 18.2. The molecule has 0 saturated carbocycles. The van der Waals surface area contributed by atoms with Crippen molar-refractivity contribution in [2.75, 3.05) is 26.0 Å². The van der Waals surface area contributed by atoms with Crippen LogP contribution in [0.3, 0.4) is 0 Å². The van der Waals surface area contributed by atoms with Crippen LogP contribution in [-0.4, -0.2) is 46.7 Å². The number of amides is 1. The van der Waals surface area contributed by atoms with Gasteiger partial charge in [-0.2, -0.15) is 0 Å². The van der Waals surface area contributed by atoms with Crippen molar-refractivity contribution in [1.29, 1.82) is 0 Å². The molecule has 0 aliphatic heterocycles. The number of ether oxygens (including phenoxy) is 1. The highest BCUT2D eigenvalue weighted by Gasteiger charge is 2.17. The van der Waals surface area contributed by atoms with Crippen molar-refractivity contribution in [2.24, 2.45) is 5.92 Å². The first-order valence-corrected chi connectivity index (χ1v) is 11.8. The van der Waals surface area contributed by atoms with E-state index < -0.39 is 0 Å². The van der Waals surface area contributed by atoms with Gasteiger partial charge in [-0.25, -0.2) is 0 Å². The third-order valence-electron chi connectivity index (χ3n) is 4.94. The fourth-order valence-electron chi connectivity index (χ4n) is 3.62. The topological polar surface area (TPSA) is 69.0 Å². The molecule has 1 N–H and O–H groups in total. The summed E-state index contributed by atoms with van der Waals surface area (Å²) in [6, 6.07) is 7.61. The number of aryl methyl sites for hydroxylation is 1. The van der Waals surface area contributed by atoms with Gasteiger partial charge in [0.2, 0.25) is 5.91 Å². The summed E-state index contributed by atoms with van der Waals surface area (Å²) in [6.45, 7) is 5.39. The largest absolute Gasteiger partial charge is 0.383 e. The summed E-state index contributed by atoms with van der Waals surface area (Å²) in [5.74, 6) is 2.15. The first-order valence-electron chi connectivity index (χ1n) is 10.4. The molecule has 1 atom stereocenters. The Balaban J connectivity index is 1.75. The summed E-state index contributed by atoms with van der Waals surface area (Å²) >= 11 is 7.76. The summed E-state index contributed by atoms with van der Waals surface area (Å²) in [6.07, 6.45) is 6.47. The van der Waals surface area contributed by atoms with Crippen LogP contribution in [0.2, 0.25) is 5.02 Å². The molecular weight excluding hydrogens is 432 g/mol. The van der Waals surface area contributed by atoms with E-state index in [9.17, 15) is 4.79 Å². The van der Waals surface area contributed by atoms with Crippen molar-refractivity contribution < 1.29 is 9.53 Å². The highest BCUT2D eigenvalue weighted by Crippen LogP contribution is 2.29. The molecule has 0 radical (unpaired) electrons. The van der Waals surface area contributed by atoms with Gasteiger partial charge in [-0.15, -0.1) is 10.2 Å². The first kappa shape index (κ1) is 23.6. The lowest BCUT2D eigenvalue weighted by molar-refractivity contribution is -0.121. The zero-order chi connectivity index (χ0) is 22.2. The van der Waals surface area contributed by atoms with Crippen LogP contribution in [0.1, 0.15) is 32.5 Å². The fourth-order valence-corrected chi connectivity index (χ4v) is 4.70. The lowest BCUT2D eigenvalue weighted by atomic mass is 9.93. The Kier molecular flexibility index (Phi) is 8.75. The molecule has 0 spiro atoms. The molecule has 0 fully saturated rings. The summed E-state index contributed by atoms with van der Waals surface area (Å²) in [7, 11) is 1.61. The SMILES string of the molecule is COCCNC(=O)CCc1nnc(SCC2=CC(C)=CC(C)C2)n1-c1ccc(Cl)cc1. The van der Waals surface area contributed by atoms with E-state index in [4.69, 9.17) is 16.3 Å². The summed E-state index contributed by atoms with van der Waals surface area (Å²) < 4.78 is 7.00. The number of rotatable bonds is 10. The molecule has 166 valence electrons. The number of carbonyl (C=O) groups excluding carboxylic acids is 1. The van der Waals surface area contributed by atoms with Crippen molar-refractivity contribution in [3.05, 3.63) is 58.4 Å². The van der Waals surface area contributed by atoms with Gasteiger partial charge in [0.15, 0.2) is 5.16 Å². The number of thioether (sulfide) groups is 1. The smallest absolute Gasteiger partial charge is 0.220 e. The van der Waals surface area contributed by atoms with Crippen LogP contribution in [0.15, 0.2) is 52.7 Å². The normalized spacial score (nSPS) is 16.1. The molecule has 2 aromatic rings. The number of aromatic nitrogens is 3. The average Bonchev–Trinajstić information content (AvgIpc) is 3.14. The Morgan fingerprint density at radius 3 is 2.81 bits per heavy atom. The highest BCUT2D eigenvalue weighted by atomic mass is 35.5. The minimum Gasteiger partial charge on any atom is -0.383 e. The number of nitrogens with one attached hydrogen (secondary N) is 1. The number of methoxy groups -OCH3 is 1. The van der Waals surface area contributed by atoms with Crippen molar-refractivity contribution in [3.63, 3.8) is 0 Å². The number of allylic oxidation sites excluding steroid dienone is 3.